The number of rotatable bonds is 8. The maximum Gasteiger partial charge on any atom is 0.411 e. The molecule has 8 heteroatoms. The van der Waals surface area contributed by atoms with Gasteiger partial charge in [-0.3, -0.25) is 14.5 Å². The summed E-state index contributed by atoms with van der Waals surface area (Å²) in [5.41, 5.74) is 3.70. The number of furan rings is 1. The Bertz CT molecular complexity index is 1420. The molecule has 3 aromatic carbocycles. The molecule has 2 N–H and O–H groups in total. The van der Waals surface area contributed by atoms with Gasteiger partial charge >= 0.3 is 6.09 Å². The van der Waals surface area contributed by atoms with Crippen LogP contribution in [0.2, 0.25) is 0 Å². The van der Waals surface area contributed by atoms with Crippen LogP contribution in [-0.4, -0.2) is 28.8 Å². The Labute approximate surface area is 220 Å². The third-order valence-electron chi connectivity index (χ3n) is 6.51. The van der Waals surface area contributed by atoms with E-state index in [1.165, 1.54) is 11.2 Å². The minimum absolute atomic E-state index is 0.186. The Kier molecular flexibility index (Phi) is 7.21. The quantitative estimate of drug-likeness (QED) is 0.339. The lowest BCUT2D eigenvalue weighted by Gasteiger charge is -2.24. The van der Waals surface area contributed by atoms with E-state index in [2.05, 4.69) is 10.6 Å². The molecule has 2 heterocycles. The summed E-state index contributed by atoms with van der Waals surface area (Å²) in [5, 5.41) is 5.73. The molecule has 1 aliphatic heterocycles. The summed E-state index contributed by atoms with van der Waals surface area (Å²) in [5.74, 6) is 0.0154. The minimum Gasteiger partial charge on any atom is -0.467 e. The molecule has 0 unspecified atom stereocenters. The van der Waals surface area contributed by atoms with Crippen LogP contribution < -0.4 is 10.6 Å². The average Bonchev–Trinajstić information content (AvgIpc) is 3.57. The maximum atomic E-state index is 13.4. The van der Waals surface area contributed by atoms with Crippen LogP contribution in [0.1, 0.15) is 38.9 Å². The highest BCUT2D eigenvalue weighted by Gasteiger charge is 2.47. The summed E-state index contributed by atoms with van der Waals surface area (Å²) in [4.78, 5) is 40.4. The summed E-state index contributed by atoms with van der Waals surface area (Å²) in [6.45, 7) is 2.38. The lowest BCUT2D eigenvalue weighted by molar-refractivity contribution is -0.126. The van der Waals surface area contributed by atoms with Crippen LogP contribution in [0.4, 0.5) is 10.5 Å². The van der Waals surface area contributed by atoms with Crippen LogP contribution in [-0.2, 0) is 22.6 Å². The molecular formula is C30H27N3O5. The van der Waals surface area contributed by atoms with Crippen molar-refractivity contribution in [1.29, 1.82) is 0 Å². The number of nitrogens with zero attached hydrogens (tertiary/aromatic N) is 1. The van der Waals surface area contributed by atoms with Gasteiger partial charge in [0.2, 0.25) is 5.91 Å². The van der Waals surface area contributed by atoms with E-state index >= 15 is 0 Å². The highest BCUT2D eigenvalue weighted by atomic mass is 16.6. The van der Waals surface area contributed by atoms with Gasteiger partial charge in [0.05, 0.1) is 19.4 Å². The maximum absolute atomic E-state index is 13.4. The number of hydrogen-bond donors (Lipinski definition) is 2. The first-order valence-corrected chi connectivity index (χ1v) is 12.3. The zero-order chi connectivity index (χ0) is 26.5. The molecule has 4 aromatic rings. The standard InChI is InChI=1S/C30H27N3O5/c1-20-8-5-6-11-23(20)19-33-26(29(35)31-18-25-12-7-17-37-25)27(38-30(33)36)21-13-15-24(16-14-21)32-28(34)22-9-3-2-4-10-22/h2-17,26-27H,18-19H2,1H3,(H,31,35)(H,32,34)/t26-,27+/m0/s1. The predicted molar refractivity (Wildman–Crippen MR) is 141 cm³/mol. The molecule has 38 heavy (non-hydrogen) atoms. The van der Waals surface area contributed by atoms with E-state index in [9.17, 15) is 14.4 Å². The van der Waals surface area contributed by atoms with Crippen molar-refractivity contribution < 1.29 is 23.5 Å². The summed E-state index contributed by atoms with van der Waals surface area (Å²) in [6.07, 6.45) is 0.134. The van der Waals surface area contributed by atoms with Crippen molar-refractivity contribution in [2.24, 2.45) is 0 Å². The van der Waals surface area contributed by atoms with Crippen molar-refractivity contribution in [3.63, 3.8) is 0 Å². The van der Waals surface area contributed by atoms with Crippen molar-refractivity contribution >= 4 is 23.6 Å². The third-order valence-corrected chi connectivity index (χ3v) is 6.51. The topological polar surface area (TPSA) is 101 Å². The number of ether oxygens (including phenoxy) is 1. The summed E-state index contributed by atoms with van der Waals surface area (Å²) < 4.78 is 11.1. The normalized spacial score (nSPS) is 16.7. The number of aryl methyl sites for hydroxylation is 1. The Morgan fingerprint density at radius 1 is 0.895 bits per heavy atom. The first-order chi connectivity index (χ1) is 18.5. The Morgan fingerprint density at radius 2 is 1.63 bits per heavy atom. The van der Waals surface area contributed by atoms with E-state index in [-0.39, 0.29) is 24.9 Å². The third kappa shape index (κ3) is 5.44. The lowest BCUT2D eigenvalue weighted by Crippen LogP contribution is -2.46. The van der Waals surface area contributed by atoms with Crippen LogP contribution in [0.5, 0.6) is 0 Å². The molecule has 8 nitrogen and oxygen atoms in total. The largest absolute Gasteiger partial charge is 0.467 e. The zero-order valence-electron chi connectivity index (χ0n) is 20.8. The van der Waals surface area contributed by atoms with Crippen molar-refractivity contribution in [3.05, 3.63) is 125 Å². The monoisotopic (exact) mass is 509 g/mol. The van der Waals surface area contributed by atoms with Crippen molar-refractivity contribution in [2.45, 2.75) is 32.2 Å². The Balaban J connectivity index is 1.37. The lowest BCUT2D eigenvalue weighted by atomic mass is 9.99. The van der Waals surface area contributed by atoms with E-state index in [1.807, 2.05) is 37.3 Å². The van der Waals surface area contributed by atoms with Gasteiger partial charge in [0.1, 0.15) is 5.76 Å². The number of carbonyl (C=O) groups excluding carboxylic acids is 3. The molecule has 0 aliphatic carbocycles. The molecule has 0 saturated carbocycles. The molecule has 192 valence electrons. The summed E-state index contributed by atoms with van der Waals surface area (Å²) in [7, 11) is 0. The van der Waals surface area contributed by atoms with Crippen molar-refractivity contribution in [3.8, 4) is 0 Å². The molecule has 1 fully saturated rings. The second-order valence-electron chi connectivity index (χ2n) is 9.04. The first kappa shape index (κ1) is 24.8. The van der Waals surface area contributed by atoms with Crippen LogP contribution >= 0.6 is 0 Å². The van der Waals surface area contributed by atoms with Crippen LogP contribution in [0, 0.1) is 6.92 Å². The molecule has 3 amide bonds. The number of hydrogen-bond acceptors (Lipinski definition) is 5. The number of anilines is 1. The Hall–Kier alpha value is -4.85. The van der Waals surface area contributed by atoms with Gasteiger partial charge < -0.3 is 19.8 Å². The minimum atomic E-state index is -0.901. The van der Waals surface area contributed by atoms with E-state index in [1.54, 1.807) is 60.7 Å². The van der Waals surface area contributed by atoms with Gasteiger partial charge in [-0.15, -0.1) is 0 Å². The van der Waals surface area contributed by atoms with E-state index in [0.717, 1.165) is 11.1 Å². The fourth-order valence-corrected chi connectivity index (χ4v) is 4.42. The van der Waals surface area contributed by atoms with Crippen molar-refractivity contribution in [2.75, 3.05) is 5.32 Å². The molecule has 1 aromatic heterocycles. The second-order valence-corrected chi connectivity index (χ2v) is 9.04. The molecule has 0 radical (unpaired) electrons. The number of nitrogens with one attached hydrogen (secondary N) is 2. The predicted octanol–water partition coefficient (Wildman–Crippen LogP) is 5.22. The SMILES string of the molecule is Cc1ccccc1CN1C(=O)O[C@H](c2ccc(NC(=O)c3ccccc3)cc2)[C@H]1C(=O)NCc1ccco1. The van der Waals surface area contributed by atoms with Gasteiger partial charge in [0.15, 0.2) is 12.1 Å². The molecule has 0 spiro atoms. The van der Waals surface area contributed by atoms with E-state index < -0.39 is 18.2 Å². The fraction of sp³-hybridized carbons (Fsp3) is 0.167. The zero-order valence-corrected chi connectivity index (χ0v) is 20.8. The summed E-state index contributed by atoms with van der Waals surface area (Å²) in [6, 6.07) is 26.2. The van der Waals surface area contributed by atoms with Crippen molar-refractivity contribution in [1.82, 2.24) is 10.2 Å². The smallest absolute Gasteiger partial charge is 0.411 e. The van der Waals surface area contributed by atoms with Crippen LogP contribution in [0.25, 0.3) is 0 Å². The first-order valence-electron chi connectivity index (χ1n) is 12.3. The molecule has 0 bridgehead atoms. The molecule has 5 rings (SSSR count). The van der Waals surface area contributed by atoms with Gasteiger partial charge in [-0.1, -0.05) is 54.6 Å². The number of amides is 3. The number of benzene rings is 3. The highest BCUT2D eigenvalue weighted by Crippen LogP contribution is 2.35. The highest BCUT2D eigenvalue weighted by molar-refractivity contribution is 6.04. The van der Waals surface area contributed by atoms with Gasteiger partial charge in [-0.25, -0.2) is 4.79 Å². The van der Waals surface area contributed by atoms with Gasteiger partial charge in [-0.2, -0.15) is 0 Å². The number of cyclic esters (lactones) is 1. The van der Waals surface area contributed by atoms with Gasteiger partial charge in [0, 0.05) is 11.3 Å². The second kappa shape index (κ2) is 11.0. The van der Waals surface area contributed by atoms with Gasteiger partial charge in [-0.05, 0) is 60.0 Å². The van der Waals surface area contributed by atoms with Crippen LogP contribution in [0.15, 0.2) is 102 Å². The molecular weight excluding hydrogens is 482 g/mol. The molecule has 1 aliphatic rings. The summed E-state index contributed by atoms with van der Waals surface area (Å²) >= 11 is 0. The average molecular weight is 510 g/mol. The molecule has 2 atom stereocenters. The number of carbonyl (C=O) groups is 3. The Morgan fingerprint density at radius 3 is 2.34 bits per heavy atom. The van der Waals surface area contributed by atoms with Crippen LogP contribution in [0.3, 0.4) is 0 Å². The van der Waals surface area contributed by atoms with E-state index in [0.29, 0.717) is 22.6 Å². The fourth-order valence-electron chi connectivity index (χ4n) is 4.42. The molecule has 1 saturated heterocycles. The van der Waals surface area contributed by atoms with Gasteiger partial charge in [0.25, 0.3) is 5.91 Å². The van der Waals surface area contributed by atoms with E-state index in [4.69, 9.17) is 9.15 Å².